The number of Topliss-reactive ketones (excluding diaryl/α,β-unsaturated/α-hetero) is 1. The molecule has 256 valence electrons. The number of ketones is 1. The number of carbonyl (C=O) groups is 5. The number of carbonyl (C=O) groups excluding carboxylic acids is 4. The maximum absolute atomic E-state index is 12.9. The fraction of sp³-hybridized carbons (Fsp3) is 0.485. The van der Waals surface area contributed by atoms with Crippen molar-refractivity contribution in [3.05, 3.63) is 72.9 Å². The van der Waals surface area contributed by atoms with Gasteiger partial charge >= 0.3 is 5.97 Å². The highest BCUT2D eigenvalue weighted by Crippen LogP contribution is 2.21. The van der Waals surface area contributed by atoms with Gasteiger partial charge in [0.25, 0.3) is 12.9 Å². The fourth-order valence-electron chi connectivity index (χ4n) is 3.58. The van der Waals surface area contributed by atoms with Crippen LogP contribution in [0, 0.1) is 0 Å². The minimum atomic E-state index is -0.973. The molecule has 0 spiro atoms. The van der Waals surface area contributed by atoms with E-state index < -0.39 is 41.6 Å². The number of carboxylic acid groups (broad SMARTS) is 1. The summed E-state index contributed by atoms with van der Waals surface area (Å²) in [4.78, 5) is 57.1. The average molecular weight is 665 g/mol. The smallest absolute Gasteiger partial charge is 0.303 e. The van der Waals surface area contributed by atoms with Crippen LogP contribution in [0.5, 0.6) is 0 Å². The quantitative estimate of drug-likeness (QED) is 0.0269. The molecular weight excluding hydrogens is 616 g/mol. The minimum absolute atomic E-state index is 0.0312. The van der Waals surface area contributed by atoms with Gasteiger partial charge in [-0.05, 0) is 25.7 Å². The Kier molecular flexibility index (Phi) is 26.3. The van der Waals surface area contributed by atoms with Gasteiger partial charge in [0.15, 0.2) is 12.0 Å². The zero-order valence-electron chi connectivity index (χ0n) is 26.2. The number of aliphatic hydroxyl groups is 2. The molecule has 0 heterocycles. The molecule has 46 heavy (non-hydrogen) atoms. The molecule has 0 aliphatic rings. The molecule has 0 saturated heterocycles. The van der Waals surface area contributed by atoms with Crippen molar-refractivity contribution in [2.45, 2.75) is 88.0 Å². The highest BCUT2D eigenvalue weighted by atomic mass is 32.2. The summed E-state index contributed by atoms with van der Waals surface area (Å²) in [6.45, 7) is 2.27. The van der Waals surface area contributed by atoms with Crippen molar-refractivity contribution in [2.75, 3.05) is 12.4 Å². The molecule has 0 aromatic carbocycles. The van der Waals surface area contributed by atoms with Crippen LogP contribution < -0.4 is 11.1 Å². The van der Waals surface area contributed by atoms with Crippen molar-refractivity contribution in [2.24, 2.45) is 5.73 Å². The van der Waals surface area contributed by atoms with Crippen molar-refractivity contribution in [1.82, 2.24) is 5.32 Å². The van der Waals surface area contributed by atoms with Gasteiger partial charge in [0.2, 0.25) is 5.91 Å². The van der Waals surface area contributed by atoms with Gasteiger partial charge in [0, 0.05) is 36.7 Å². The third kappa shape index (κ3) is 24.5. The first-order valence-corrected chi connectivity index (χ1v) is 16.1. The summed E-state index contributed by atoms with van der Waals surface area (Å²) in [7, 11) is 0. The van der Waals surface area contributed by atoms with Crippen molar-refractivity contribution in [3.63, 3.8) is 0 Å². The molecule has 0 aliphatic heterocycles. The third-order valence-corrected chi connectivity index (χ3v) is 7.40. The van der Waals surface area contributed by atoms with E-state index in [9.17, 15) is 34.2 Å². The molecule has 13 heteroatoms. The minimum Gasteiger partial charge on any atom is -0.481 e. The molecule has 1 amide bonds. The molecule has 0 radical (unpaired) electrons. The zero-order chi connectivity index (χ0) is 34.4. The molecule has 0 fully saturated rings. The normalized spacial score (nSPS) is 15.5. The molecule has 0 bridgehead atoms. The Morgan fingerprint density at radius 3 is 2.20 bits per heavy atom. The fourth-order valence-corrected chi connectivity index (χ4v) is 4.80. The molecule has 6 N–H and O–H groups in total. The molecule has 0 rings (SSSR count). The maximum atomic E-state index is 12.9. The van der Waals surface area contributed by atoms with E-state index in [1.807, 2.05) is 19.1 Å². The number of thioether (sulfide) groups is 1. The Hall–Kier alpha value is -3.78. The zero-order valence-corrected chi connectivity index (χ0v) is 27.0. The Morgan fingerprint density at radius 1 is 0.870 bits per heavy atom. The van der Waals surface area contributed by atoms with Gasteiger partial charge < -0.3 is 30.1 Å². The van der Waals surface area contributed by atoms with Crippen molar-refractivity contribution < 1.29 is 48.8 Å². The topological polar surface area (TPSA) is 203 Å². The highest BCUT2D eigenvalue weighted by Gasteiger charge is 2.24. The van der Waals surface area contributed by atoms with Crippen LogP contribution in [0.2, 0.25) is 0 Å². The monoisotopic (exact) mass is 664 g/mol. The van der Waals surface area contributed by atoms with E-state index in [2.05, 4.69) is 14.8 Å². The number of ether oxygens (including phenoxy) is 2. The largest absolute Gasteiger partial charge is 0.481 e. The molecule has 0 aromatic rings. The van der Waals surface area contributed by atoms with Crippen LogP contribution in [0.25, 0.3) is 0 Å². The first kappa shape index (κ1) is 42.2. The molecule has 5 unspecified atom stereocenters. The summed E-state index contributed by atoms with van der Waals surface area (Å²) in [6.07, 6.45) is 20.6. The highest BCUT2D eigenvalue weighted by molar-refractivity contribution is 8.00. The summed E-state index contributed by atoms with van der Waals surface area (Å²) in [5.74, 6) is -1.72. The van der Waals surface area contributed by atoms with Gasteiger partial charge in [0.1, 0.15) is 0 Å². The van der Waals surface area contributed by atoms with Gasteiger partial charge in [-0.15, -0.1) is 11.8 Å². The molecular formula is C33H48N2O10S. The van der Waals surface area contributed by atoms with Crippen LogP contribution in [0.15, 0.2) is 72.9 Å². The van der Waals surface area contributed by atoms with E-state index >= 15 is 0 Å². The first-order chi connectivity index (χ1) is 22.1. The molecule has 0 aromatic heterocycles. The number of hydrogen-bond acceptors (Lipinski definition) is 11. The van der Waals surface area contributed by atoms with Crippen molar-refractivity contribution >= 4 is 42.4 Å². The molecule has 12 nitrogen and oxygen atoms in total. The predicted molar refractivity (Wildman–Crippen MR) is 177 cm³/mol. The standard InChI is InChI=1S/C33H48N2O10S/c1-2-3-9-14-26(38)15-10-6-4-5-7-12-17-30(29(40)16-11-8-13-18-33(42)43)46-23-27(28(39)21-22-44-24-36)35-32(41)20-19-31(34)45-25-37/h3-12,15,17,24-27,29-31,38,40H,2,13-14,16,18-23,34H2,1H3,(H,35,41)(H,42,43)/b6-4-,7-5+,9-3-,11-8-,15-10+,17-12+. The number of carboxylic acids is 1. The Bertz CT molecular complexity index is 1070. The number of aliphatic hydroxyl groups excluding tert-OH is 2. The number of hydrogen-bond donors (Lipinski definition) is 5. The Balaban J connectivity index is 5.54. The van der Waals surface area contributed by atoms with Crippen LogP contribution in [0.1, 0.15) is 58.3 Å². The summed E-state index contributed by atoms with van der Waals surface area (Å²) in [5.41, 5.74) is 5.58. The number of nitrogens with one attached hydrogen (secondary N) is 1. The lowest BCUT2D eigenvalue weighted by molar-refractivity contribution is -0.137. The van der Waals surface area contributed by atoms with Gasteiger partial charge in [-0.2, -0.15) is 0 Å². The molecule has 5 atom stereocenters. The second-order valence-electron chi connectivity index (χ2n) is 9.84. The lowest BCUT2D eigenvalue weighted by atomic mass is 10.1. The van der Waals surface area contributed by atoms with Crippen LogP contribution in [-0.4, -0.2) is 88.0 Å². The lowest BCUT2D eigenvalue weighted by Crippen LogP contribution is -2.44. The summed E-state index contributed by atoms with van der Waals surface area (Å²) in [6, 6.07) is -0.969. The molecule has 0 aliphatic carbocycles. The number of allylic oxidation sites excluding steroid dienone is 8. The van der Waals surface area contributed by atoms with Crippen molar-refractivity contribution in [1.29, 1.82) is 0 Å². The van der Waals surface area contributed by atoms with E-state index in [0.29, 0.717) is 12.8 Å². The van der Waals surface area contributed by atoms with E-state index in [1.165, 1.54) is 11.8 Å². The van der Waals surface area contributed by atoms with Crippen molar-refractivity contribution in [3.8, 4) is 0 Å². The van der Waals surface area contributed by atoms with E-state index in [-0.39, 0.29) is 63.2 Å². The number of amides is 1. The van der Waals surface area contributed by atoms with E-state index in [1.54, 1.807) is 60.8 Å². The van der Waals surface area contributed by atoms with E-state index in [4.69, 9.17) is 10.8 Å². The van der Waals surface area contributed by atoms with Crippen LogP contribution in [0.3, 0.4) is 0 Å². The van der Waals surface area contributed by atoms with Crippen LogP contribution >= 0.6 is 11.8 Å². The Morgan fingerprint density at radius 2 is 1.54 bits per heavy atom. The second-order valence-corrected chi connectivity index (χ2v) is 11.1. The van der Waals surface area contributed by atoms with Gasteiger partial charge in [-0.1, -0.05) is 79.8 Å². The lowest BCUT2D eigenvalue weighted by Gasteiger charge is -2.23. The predicted octanol–water partition coefficient (Wildman–Crippen LogP) is 3.06. The van der Waals surface area contributed by atoms with Crippen LogP contribution in [-0.2, 0) is 33.4 Å². The summed E-state index contributed by atoms with van der Waals surface area (Å²) < 4.78 is 9.20. The second kappa shape index (κ2) is 28.7. The SMILES string of the molecule is CC/C=C\CC(O)/C=C/C=C\C=C\C=C\C(SCC(NC(=O)CCC(N)OC=O)C(=O)CCOC=O)C(O)C/C=C\CCC(=O)O. The Labute approximate surface area is 275 Å². The van der Waals surface area contributed by atoms with Crippen LogP contribution in [0.4, 0.5) is 0 Å². The van der Waals surface area contributed by atoms with Gasteiger partial charge in [0.05, 0.1) is 24.9 Å². The number of rotatable bonds is 28. The summed E-state index contributed by atoms with van der Waals surface area (Å²) >= 11 is 1.23. The third-order valence-electron chi connectivity index (χ3n) is 6.02. The maximum Gasteiger partial charge on any atom is 0.303 e. The number of nitrogens with two attached hydrogens (primary N) is 1. The van der Waals surface area contributed by atoms with E-state index in [0.717, 1.165) is 6.42 Å². The molecule has 0 saturated carbocycles. The average Bonchev–Trinajstić information content (AvgIpc) is 3.01. The van der Waals surface area contributed by atoms with Gasteiger partial charge in [-0.25, -0.2) is 0 Å². The number of aliphatic carboxylic acids is 1. The first-order valence-electron chi connectivity index (χ1n) is 15.0. The van der Waals surface area contributed by atoms with Gasteiger partial charge in [-0.3, -0.25) is 29.7 Å². The summed E-state index contributed by atoms with van der Waals surface area (Å²) in [5, 5.41) is 31.8.